The Hall–Kier alpha value is -1.46. The first-order valence-electron chi connectivity index (χ1n) is 8.19. The number of carbonyl (C=O) groups is 1. The van der Waals surface area contributed by atoms with E-state index in [0.717, 1.165) is 18.5 Å². The largest absolute Gasteiger partial charge is 0.378 e. The molecule has 4 nitrogen and oxygen atoms in total. The Bertz CT molecular complexity index is 505. The monoisotopic (exact) mass is 322 g/mol. The van der Waals surface area contributed by atoms with Gasteiger partial charge in [0.25, 0.3) is 0 Å². The second kappa shape index (κ2) is 7.88. The van der Waals surface area contributed by atoms with E-state index in [1.165, 1.54) is 12.1 Å². The van der Waals surface area contributed by atoms with Crippen LogP contribution in [0.5, 0.6) is 0 Å². The smallest absolute Gasteiger partial charge is 0.222 e. The molecule has 23 heavy (non-hydrogen) atoms. The minimum atomic E-state index is -0.266. The molecule has 0 aliphatic carbocycles. The third-order valence-corrected chi connectivity index (χ3v) is 3.85. The molecule has 1 fully saturated rings. The highest BCUT2D eigenvalue weighted by atomic mass is 19.1. The second-order valence-corrected chi connectivity index (χ2v) is 7.37. The Morgan fingerprint density at radius 2 is 2.09 bits per heavy atom. The third-order valence-electron chi connectivity index (χ3n) is 3.85. The van der Waals surface area contributed by atoms with Gasteiger partial charge in [-0.1, -0.05) is 32.9 Å². The zero-order valence-electron chi connectivity index (χ0n) is 14.2. The van der Waals surface area contributed by atoms with E-state index in [2.05, 4.69) is 31.4 Å². The molecule has 2 rings (SSSR count). The van der Waals surface area contributed by atoms with E-state index >= 15 is 0 Å². The van der Waals surface area contributed by atoms with Crippen LogP contribution < -0.4 is 10.6 Å². The predicted molar refractivity (Wildman–Crippen MR) is 88.6 cm³/mol. The van der Waals surface area contributed by atoms with Crippen molar-refractivity contribution < 1.29 is 13.9 Å². The molecule has 0 saturated carbocycles. The molecule has 1 aliphatic heterocycles. The first kappa shape index (κ1) is 17.9. The van der Waals surface area contributed by atoms with Gasteiger partial charge in [-0.15, -0.1) is 0 Å². The molecule has 2 unspecified atom stereocenters. The van der Waals surface area contributed by atoms with Crippen molar-refractivity contribution >= 4 is 5.91 Å². The summed E-state index contributed by atoms with van der Waals surface area (Å²) >= 11 is 0. The maximum atomic E-state index is 13.2. The molecule has 1 aromatic carbocycles. The van der Waals surface area contributed by atoms with Crippen LogP contribution in [0.3, 0.4) is 0 Å². The Balaban J connectivity index is 2.01. The predicted octanol–water partition coefficient (Wildman–Crippen LogP) is 2.80. The summed E-state index contributed by atoms with van der Waals surface area (Å²) in [6, 6.07) is 6.31. The van der Waals surface area contributed by atoms with Crippen LogP contribution in [0.15, 0.2) is 24.3 Å². The van der Waals surface area contributed by atoms with Crippen molar-refractivity contribution in [2.75, 3.05) is 19.8 Å². The molecule has 2 N–H and O–H groups in total. The van der Waals surface area contributed by atoms with Gasteiger partial charge >= 0.3 is 0 Å². The number of amides is 1. The molecule has 0 bridgehead atoms. The van der Waals surface area contributed by atoms with Gasteiger partial charge in [0, 0.05) is 19.0 Å². The van der Waals surface area contributed by atoms with Gasteiger partial charge in [0.2, 0.25) is 5.91 Å². The summed E-state index contributed by atoms with van der Waals surface area (Å²) in [5.41, 5.74) is 0.987. The number of ether oxygens (including phenoxy) is 1. The molecule has 0 aromatic heterocycles. The molecule has 1 aromatic rings. The molecule has 1 aliphatic rings. The van der Waals surface area contributed by atoms with Crippen molar-refractivity contribution in [1.82, 2.24) is 10.6 Å². The Morgan fingerprint density at radius 1 is 1.39 bits per heavy atom. The van der Waals surface area contributed by atoms with E-state index in [9.17, 15) is 9.18 Å². The highest BCUT2D eigenvalue weighted by molar-refractivity contribution is 5.77. The summed E-state index contributed by atoms with van der Waals surface area (Å²) in [6.45, 7) is 8.43. The molecule has 0 radical (unpaired) electrons. The maximum Gasteiger partial charge on any atom is 0.222 e. The molecule has 1 saturated heterocycles. The fraction of sp³-hybridized carbons (Fsp3) is 0.611. The molecule has 2 atom stereocenters. The van der Waals surface area contributed by atoms with Crippen LogP contribution in [0.25, 0.3) is 0 Å². The lowest BCUT2D eigenvalue weighted by Crippen LogP contribution is -2.44. The van der Waals surface area contributed by atoms with Crippen LogP contribution in [0, 0.1) is 11.2 Å². The number of halogens is 1. The van der Waals surface area contributed by atoms with Gasteiger partial charge in [0.05, 0.1) is 19.3 Å². The van der Waals surface area contributed by atoms with Gasteiger partial charge in [-0.3, -0.25) is 4.79 Å². The second-order valence-electron chi connectivity index (χ2n) is 7.37. The molecule has 1 amide bonds. The number of hydrogen-bond donors (Lipinski definition) is 2. The van der Waals surface area contributed by atoms with Crippen LogP contribution in [-0.4, -0.2) is 31.7 Å². The Kier molecular flexibility index (Phi) is 6.13. The summed E-state index contributed by atoms with van der Waals surface area (Å²) in [5, 5.41) is 6.38. The number of morpholine rings is 1. The normalized spacial score (nSPS) is 20.1. The van der Waals surface area contributed by atoms with Crippen LogP contribution >= 0.6 is 0 Å². The molecule has 1 heterocycles. The zero-order valence-corrected chi connectivity index (χ0v) is 14.2. The van der Waals surface area contributed by atoms with E-state index in [0.29, 0.717) is 19.6 Å². The fourth-order valence-electron chi connectivity index (χ4n) is 2.79. The van der Waals surface area contributed by atoms with Crippen LogP contribution in [0.1, 0.15) is 45.2 Å². The maximum absolute atomic E-state index is 13.2. The lowest BCUT2D eigenvalue weighted by molar-refractivity contribution is -0.123. The number of benzene rings is 1. The van der Waals surface area contributed by atoms with Crippen molar-refractivity contribution in [1.29, 1.82) is 0 Å². The number of nitrogens with one attached hydrogen (secondary N) is 2. The van der Waals surface area contributed by atoms with Crippen molar-refractivity contribution in [3.05, 3.63) is 35.6 Å². The van der Waals surface area contributed by atoms with Crippen LogP contribution in [0.4, 0.5) is 4.39 Å². The Morgan fingerprint density at radius 3 is 2.65 bits per heavy atom. The molecule has 0 spiro atoms. The van der Waals surface area contributed by atoms with Gasteiger partial charge in [-0.05, 0) is 29.5 Å². The first-order valence-corrected chi connectivity index (χ1v) is 8.19. The van der Waals surface area contributed by atoms with Gasteiger partial charge < -0.3 is 15.4 Å². The summed E-state index contributed by atoms with van der Waals surface area (Å²) < 4.78 is 18.5. The number of rotatable bonds is 5. The van der Waals surface area contributed by atoms with E-state index in [1.807, 2.05) is 0 Å². The SMILES string of the molecule is CC(C)(C)CC(NC(=O)CC1COCCN1)c1ccc(F)cc1. The topological polar surface area (TPSA) is 50.4 Å². The van der Waals surface area contributed by atoms with Crippen LogP contribution in [-0.2, 0) is 9.53 Å². The molecule has 5 heteroatoms. The van der Waals surface area contributed by atoms with E-state index in [-0.39, 0.29) is 29.2 Å². The third kappa shape index (κ3) is 6.28. The lowest BCUT2D eigenvalue weighted by atomic mass is 9.85. The highest BCUT2D eigenvalue weighted by Crippen LogP contribution is 2.29. The van der Waals surface area contributed by atoms with Crippen molar-refractivity contribution in [2.45, 2.75) is 45.7 Å². The van der Waals surface area contributed by atoms with Gasteiger partial charge in [0.1, 0.15) is 5.82 Å². The quantitative estimate of drug-likeness (QED) is 0.876. The number of hydrogen-bond acceptors (Lipinski definition) is 3. The van der Waals surface area contributed by atoms with Gasteiger partial charge in [-0.2, -0.15) is 0 Å². The minimum absolute atomic E-state index is 0.00780. The van der Waals surface area contributed by atoms with Crippen LogP contribution in [0.2, 0.25) is 0 Å². The summed E-state index contributed by atoms with van der Waals surface area (Å²) in [6.07, 6.45) is 1.18. The van der Waals surface area contributed by atoms with Crippen molar-refractivity contribution in [3.8, 4) is 0 Å². The van der Waals surface area contributed by atoms with Crippen molar-refractivity contribution in [2.24, 2.45) is 5.41 Å². The fourth-order valence-corrected chi connectivity index (χ4v) is 2.79. The van der Waals surface area contributed by atoms with E-state index in [1.54, 1.807) is 12.1 Å². The lowest BCUT2D eigenvalue weighted by Gasteiger charge is -2.29. The zero-order chi connectivity index (χ0) is 16.9. The van der Waals surface area contributed by atoms with E-state index in [4.69, 9.17) is 4.74 Å². The molecule has 128 valence electrons. The average Bonchev–Trinajstić information content (AvgIpc) is 2.47. The summed E-state index contributed by atoms with van der Waals surface area (Å²) in [5.74, 6) is -0.273. The summed E-state index contributed by atoms with van der Waals surface area (Å²) in [4.78, 5) is 12.4. The summed E-state index contributed by atoms with van der Waals surface area (Å²) in [7, 11) is 0. The molecular weight excluding hydrogens is 295 g/mol. The first-order chi connectivity index (χ1) is 10.8. The average molecular weight is 322 g/mol. The molecular formula is C18H27FN2O2. The Labute approximate surface area is 137 Å². The van der Waals surface area contributed by atoms with Crippen molar-refractivity contribution in [3.63, 3.8) is 0 Å². The minimum Gasteiger partial charge on any atom is -0.378 e. The number of carbonyl (C=O) groups excluding carboxylic acids is 1. The van der Waals surface area contributed by atoms with Gasteiger partial charge in [-0.25, -0.2) is 4.39 Å². The van der Waals surface area contributed by atoms with Gasteiger partial charge in [0.15, 0.2) is 0 Å². The van der Waals surface area contributed by atoms with E-state index < -0.39 is 0 Å². The standard InChI is InChI=1S/C18H27FN2O2/c1-18(2,3)11-16(13-4-6-14(19)7-5-13)21-17(22)10-15-12-23-9-8-20-15/h4-7,15-16,20H,8-12H2,1-3H3,(H,21,22). The highest BCUT2D eigenvalue weighted by Gasteiger charge is 2.24.